The number of nitrogens with one attached hydrogen (secondary N) is 1. The van der Waals surface area contributed by atoms with Gasteiger partial charge in [0.1, 0.15) is 5.75 Å². The van der Waals surface area contributed by atoms with Gasteiger partial charge in [0.25, 0.3) is 0 Å². The first kappa shape index (κ1) is 18.6. The van der Waals surface area contributed by atoms with Gasteiger partial charge in [0.05, 0.1) is 13.7 Å². The van der Waals surface area contributed by atoms with Crippen molar-refractivity contribution in [3.63, 3.8) is 0 Å². The van der Waals surface area contributed by atoms with Gasteiger partial charge in [-0.3, -0.25) is 0 Å². The maximum atomic E-state index is 5.90. The fourth-order valence-corrected chi connectivity index (χ4v) is 2.20. The van der Waals surface area contributed by atoms with Gasteiger partial charge in [-0.05, 0) is 36.1 Å². The van der Waals surface area contributed by atoms with Crippen LogP contribution in [-0.2, 0) is 6.54 Å². The van der Waals surface area contributed by atoms with E-state index >= 15 is 0 Å². The van der Waals surface area contributed by atoms with E-state index in [2.05, 4.69) is 40.8 Å². The third-order valence-corrected chi connectivity index (χ3v) is 3.68. The summed E-state index contributed by atoms with van der Waals surface area (Å²) in [5.74, 6) is 1.16. The lowest BCUT2D eigenvalue weighted by atomic mass is 10.2. The normalized spacial score (nSPS) is 10.7. The van der Waals surface area contributed by atoms with E-state index < -0.39 is 0 Å². The van der Waals surface area contributed by atoms with Gasteiger partial charge < -0.3 is 15.8 Å². The molecule has 0 bridgehead atoms. The van der Waals surface area contributed by atoms with Crippen LogP contribution in [0.4, 0.5) is 5.69 Å². The van der Waals surface area contributed by atoms with Crippen LogP contribution >= 0.6 is 35.7 Å². The zero-order chi connectivity index (χ0) is 15.1. The zero-order valence-corrected chi connectivity index (χ0v) is 15.7. The van der Waals surface area contributed by atoms with Crippen LogP contribution in [0.15, 0.2) is 58.4 Å². The summed E-state index contributed by atoms with van der Waals surface area (Å²) in [6.45, 7) is 0.553. The molecule has 0 saturated carbocycles. The largest absolute Gasteiger partial charge is 0.497 e. The molecule has 0 aliphatic heterocycles. The number of rotatable bonds is 5. The van der Waals surface area contributed by atoms with Gasteiger partial charge in [0.2, 0.25) is 0 Å². The predicted octanol–water partition coefficient (Wildman–Crippen LogP) is 3.96. The average Bonchev–Trinajstić information content (AvgIpc) is 2.53. The molecule has 3 N–H and O–H groups in total. The molecule has 2 aromatic carbocycles. The molecule has 4 nitrogen and oxygen atoms in total. The number of anilines is 1. The van der Waals surface area contributed by atoms with Crippen LogP contribution in [0.2, 0.25) is 0 Å². The number of aliphatic imine (C=N–C) groups is 1. The molecule has 0 spiro atoms. The summed E-state index contributed by atoms with van der Waals surface area (Å²) in [7, 11) is 1.63. The van der Waals surface area contributed by atoms with Crippen molar-refractivity contribution in [3.05, 3.63) is 54.1 Å². The highest BCUT2D eigenvalue weighted by molar-refractivity contribution is 14.0. The summed E-state index contributed by atoms with van der Waals surface area (Å²) in [6.07, 6.45) is 2.06. The quantitative estimate of drug-likeness (QED) is 0.327. The molecule has 0 saturated heterocycles. The van der Waals surface area contributed by atoms with Crippen molar-refractivity contribution < 1.29 is 4.74 Å². The molecule has 2 rings (SSSR count). The van der Waals surface area contributed by atoms with Crippen LogP contribution in [0.3, 0.4) is 0 Å². The topological polar surface area (TPSA) is 59.6 Å². The molecule has 118 valence electrons. The highest BCUT2D eigenvalue weighted by Gasteiger charge is 1.98. The van der Waals surface area contributed by atoms with Crippen LogP contribution < -0.4 is 15.8 Å². The van der Waals surface area contributed by atoms with Crippen LogP contribution in [-0.4, -0.2) is 19.3 Å². The number of methoxy groups -OCH3 is 1. The van der Waals surface area contributed by atoms with E-state index in [1.165, 1.54) is 4.90 Å². The molecule has 0 fully saturated rings. The lowest BCUT2D eigenvalue weighted by Crippen LogP contribution is -2.22. The molecule has 0 amide bonds. The first-order valence-corrected chi connectivity index (χ1v) is 7.77. The Labute approximate surface area is 152 Å². The molecule has 0 aliphatic carbocycles. The van der Waals surface area contributed by atoms with E-state index in [1.807, 2.05) is 24.3 Å². The van der Waals surface area contributed by atoms with Gasteiger partial charge in [-0.25, -0.2) is 4.99 Å². The summed E-state index contributed by atoms with van der Waals surface area (Å²) >= 11 is 1.72. The number of benzene rings is 2. The molecule has 0 radical (unpaired) electrons. The van der Waals surface area contributed by atoms with E-state index in [-0.39, 0.29) is 24.0 Å². The Kier molecular flexibility index (Phi) is 8.11. The molecule has 6 heteroatoms. The van der Waals surface area contributed by atoms with Crippen molar-refractivity contribution in [2.75, 3.05) is 18.7 Å². The van der Waals surface area contributed by atoms with E-state index in [9.17, 15) is 0 Å². The van der Waals surface area contributed by atoms with Gasteiger partial charge >= 0.3 is 0 Å². The van der Waals surface area contributed by atoms with Crippen molar-refractivity contribution >= 4 is 47.4 Å². The first-order chi connectivity index (χ1) is 10.2. The fourth-order valence-electron chi connectivity index (χ4n) is 1.80. The van der Waals surface area contributed by atoms with Crippen molar-refractivity contribution in [1.29, 1.82) is 0 Å². The lowest BCUT2D eigenvalue weighted by Gasteiger charge is -2.07. The number of nitrogens with zero attached hydrogens (tertiary/aromatic N) is 1. The molecule has 22 heavy (non-hydrogen) atoms. The number of halogens is 1. The maximum Gasteiger partial charge on any atom is 0.193 e. The van der Waals surface area contributed by atoms with Crippen LogP contribution in [0.1, 0.15) is 5.56 Å². The Hall–Kier alpha value is -1.41. The summed E-state index contributed by atoms with van der Waals surface area (Å²) in [5.41, 5.74) is 7.88. The van der Waals surface area contributed by atoms with Crippen LogP contribution in [0.5, 0.6) is 5.75 Å². The Morgan fingerprint density at radius 2 is 1.95 bits per heavy atom. The smallest absolute Gasteiger partial charge is 0.193 e. The van der Waals surface area contributed by atoms with E-state index in [0.717, 1.165) is 17.0 Å². The van der Waals surface area contributed by atoms with E-state index in [0.29, 0.717) is 12.5 Å². The van der Waals surface area contributed by atoms with E-state index in [1.54, 1.807) is 18.9 Å². The molecule has 0 aromatic heterocycles. The second-order valence-electron chi connectivity index (χ2n) is 4.41. The van der Waals surface area contributed by atoms with Crippen LogP contribution in [0.25, 0.3) is 0 Å². The van der Waals surface area contributed by atoms with Gasteiger partial charge in [-0.1, -0.05) is 18.2 Å². The molecule has 2 aromatic rings. The van der Waals surface area contributed by atoms with Gasteiger partial charge in [0, 0.05) is 16.6 Å². The first-order valence-electron chi connectivity index (χ1n) is 6.55. The van der Waals surface area contributed by atoms with Gasteiger partial charge in [-0.15, -0.1) is 35.7 Å². The minimum Gasteiger partial charge on any atom is -0.497 e. The number of guanidine groups is 1. The van der Waals surface area contributed by atoms with Crippen molar-refractivity contribution in [2.45, 2.75) is 11.4 Å². The molecule has 0 aliphatic rings. The third-order valence-electron chi connectivity index (χ3n) is 2.93. The highest BCUT2D eigenvalue weighted by atomic mass is 127. The SMILES string of the molecule is COc1cccc(NC(N)=NCc2ccc(SC)cc2)c1.I. The average molecular weight is 429 g/mol. The highest BCUT2D eigenvalue weighted by Crippen LogP contribution is 2.17. The minimum atomic E-state index is 0. The Bertz CT molecular complexity index is 617. The van der Waals surface area contributed by atoms with Crippen molar-refractivity contribution in [3.8, 4) is 5.75 Å². The Morgan fingerprint density at radius 3 is 2.59 bits per heavy atom. The minimum absolute atomic E-state index is 0. The summed E-state index contributed by atoms with van der Waals surface area (Å²) in [5, 5.41) is 3.05. The third kappa shape index (κ3) is 5.76. The summed E-state index contributed by atoms with van der Waals surface area (Å²) < 4.78 is 5.16. The fraction of sp³-hybridized carbons (Fsp3) is 0.188. The summed E-state index contributed by atoms with van der Waals surface area (Å²) in [4.78, 5) is 5.58. The number of ether oxygens (including phenoxy) is 1. The number of hydrogen-bond donors (Lipinski definition) is 2. The van der Waals surface area contributed by atoms with Gasteiger partial charge in [-0.2, -0.15) is 0 Å². The number of hydrogen-bond acceptors (Lipinski definition) is 3. The molecular formula is C16H20IN3OS. The molecule has 0 unspecified atom stereocenters. The summed E-state index contributed by atoms with van der Waals surface area (Å²) in [6, 6.07) is 15.9. The molecule has 0 heterocycles. The number of nitrogens with two attached hydrogens (primary N) is 1. The Morgan fingerprint density at radius 1 is 1.23 bits per heavy atom. The monoisotopic (exact) mass is 429 g/mol. The van der Waals surface area contributed by atoms with Crippen molar-refractivity contribution in [1.82, 2.24) is 0 Å². The van der Waals surface area contributed by atoms with Crippen molar-refractivity contribution in [2.24, 2.45) is 10.7 Å². The lowest BCUT2D eigenvalue weighted by molar-refractivity contribution is 0.415. The maximum absolute atomic E-state index is 5.90. The van der Waals surface area contributed by atoms with Gasteiger partial charge in [0.15, 0.2) is 5.96 Å². The second-order valence-corrected chi connectivity index (χ2v) is 5.29. The van der Waals surface area contributed by atoms with E-state index in [4.69, 9.17) is 10.5 Å². The van der Waals surface area contributed by atoms with Crippen LogP contribution in [0, 0.1) is 0 Å². The molecule has 0 atom stereocenters. The predicted molar refractivity (Wildman–Crippen MR) is 106 cm³/mol. The molecular weight excluding hydrogens is 409 g/mol. The standard InChI is InChI=1S/C16H19N3OS.HI/c1-20-14-5-3-4-13(10-14)19-16(17)18-11-12-6-8-15(21-2)9-7-12;/h3-10H,11H2,1-2H3,(H3,17,18,19);1H. The second kappa shape index (κ2) is 9.58. The number of thioether (sulfide) groups is 1. The Balaban J connectivity index is 0.00000242. The zero-order valence-electron chi connectivity index (χ0n) is 12.6.